The summed E-state index contributed by atoms with van der Waals surface area (Å²) in [5, 5.41) is 27.8. The number of hydrogen-bond donors (Lipinski definition) is 2. The molecule has 2 rings (SSSR count). The van der Waals surface area contributed by atoms with Gasteiger partial charge in [0.15, 0.2) is 5.78 Å². The number of carbonyl (C=O) groups is 1. The third-order valence-corrected chi connectivity index (χ3v) is 3.06. The number of fused-ring (bicyclic) bond motifs is 1. The van der Waals surface area contributed by atoms with Crippen molar-refractivity contribution in [2.75, 3.05) is 0 Å². The molecule has 0 amide bonds. The maximum Gasteiger partial charge on any atom is 0.163 e. The Morgan fingerprint density at radius 2 is 2.12 bits per heavy atom. The van der Waals surface area contributed by atoms with Crippen molar-refractivity contribution in [1.29, 1.82) is 5.26 Å². The van der Waals surface area contributed by atoms with Crippen molar-refractivity contribution >= 4 is 5.78 Å². The summed E-state index contributed by atoms with van der Waals surface area (Å²) in [6.07, 6.45) is -1.08. The van der Waals surface area contributed by atoms with Crippen LogP contribution < -0.4 is 0 Å². The number of nitrogens with zero attached hydrogens (tertiary/aromatic N) is 1. The van der Waals surface area contributed by atoms with Gasteiger partial charge in [-0.25, -0.2) is 0 Å². The third-order valence-electron chi connectivity index (χ3n) is 3.06. The van der Waals surface area contributed by atoms with Crippen LogP contribution in [-0.4, -0.2) is 22.1 Å². The lowest BCUT2D eigenvalue weighted by molar-refractivity contribution is 0.0216. The second-order valence-electron chi connectivity index (χ2n) is 4.21. The van der Waals surface area contributed by atoms with Crippen LogP contribution in [0.2, 0.25) is 0 Å². The van der Waals surface area contributed by atoms with Crippen LogP contribution in [0.25, 0.3) is 0 Å². The highest BCUT2D eigenvalue weighted by Gasteiger charge is 2.23. The zero-order chi connectivity index (χ0) is 12.4. The lowest BCUT2D eigenvalue weighted by Gasteiger charge is -2.16. The number of hydrogen-bond acceptors (Lipinski definition) is 4. The summed E-state index contributed by atoms with van der Waals surface area (Å²) in [6, 6.07) is 6.87. The minimum atomic E-state index is -1.09. The van der Waals surface area contributed by atoms with Gasteiger partial charge in [-0.15, -0.1) is 0 Å². The lowest BCUT2D eigenvalue weighted by Crippen LogP contribution is -2.17. The fourth-order valence-corrected chi connectivity index (χ4v) is 2.09. The minimum absolute atomic E-state index is 0.114. The monoisotopic (exact) mass is 231 g/mol. The Bertz CT molecular complexity index is 490. The maximum atomic E-state index is 11.4. The molecular formula is C13H13NO3. The molecule has 1 aromatic carbocycles. The molecule has 1 aliphatic carbocycles. The van der Waals surface area contributed by atoms with E-state index in [1.807, 2.05) is 6.07 Å². The third kappa shape index (κ3) is 2.21. The number of Topliss-reactive ketones (excluding diaryl/α,β-unsaturated/α-hetero) is 1. The van der Waals surface area contributed by atoms with E-state index in [1.54, 1.807) is 18.2 Å². The predicted octanol–water partition coefficient (Wildman–Crippen LogP) is 1.12. The van der Waals surface area contributed by atoms with Gasteiger partial charge >= 0.3 is 0 Å². The van der Waals surface area contributed by atoms with Crippen molar-refractivity contribution in [2.45, 2.75) is 31.5 Å². The van der Waals surface area contributed by atoms with Crippen molar-refractivity contribution < 1.29 is 15.0 Å². The summed E-state index contributed by atoms with van der Waals surface area (Å²) < 4.78 is 0. The summed E-state index contributed by atoms with van der Waals surface area (Å²) in [5.74, 6) is 0.124. The molecule has 17 heavy (non-hydrogen) atoms. The number of nitriles is 1. The molecule has 0 fully saturated rings. The molecule has 0 bridgehead atoms. The number of aliphatic hydroxyl groups is 2. The number of rotatable bonds is 3. The van der Waals surface area contributed by atoms with Gasteiger partial charge in [-0.2, -0.15) is 5.26 Å². The highest BCUT2D eigenvalue weighted by Crippen LogP contribution is 2.27. The number of aliphatic hydroxyl groups excluding tert-OH is 2. The second kappa shape index (κ2) is 4.66. The smallest absolute Gasteiger partial charge is 0.163 e. The molecule has 2 atom stereocenters. The van der Waals surface area contributed by atoms with E-state index in [1.165, 1.54) is 0 Å². The first-order valence-electron chi connectivity index (χ1n) is 5.52. The Kier molecular flexibility index (Phi) is 3.23. The van der Waals surface area contributed by atoms with Crippen molar-refractivity contribution in [3.63, 3.8) is 0 Å². The van der Waals surface area contributed by atoms with E-state index in [2.05, 4.69) is 0 Å². The van der Waals surface area contributed by atoms with Gasteiger partial charge in [0.1, 0.15) is 6.10 Å². The van der Waals surface area contributed by atoms with Crippen molar-refractivity contribution in [1.82, 2.24) is 0 Å². The summed E-state index contributed by atoms with van der Waals surface area (Å²) in [6.45, 7) is 0. The van der Waals surface area contributed by atoms with Crippen LogP contribution in [0.5, 0.6) is 0 Å². The van der Waals surface area contributed by atoms with Crippen molar-refractivity contribution in [3.8, 4) is 6.07 Å². The Morgan fingerprint density at radius 1 is 1.35 bits per heavy atom. The van der Waals surface area contributed by atoms with Gasteiger partial charge in [-0.05, 0) is 17.5 Å². The molecule has 0 saturated heterocycles. The van der Waals surface area contributed by atoms with Gasteiger partial charge < -0.3 is 10.2 Å². The summed E-state index contributed by atoms with van der Waals surface area (Å²) in [4.78, 5) is 11.4. The molecular weight excluding hydrogens is 218 g/mol. The van der Waals surface area contributed by atoms with E-state index in [9.17, 15) is 15.0 Å². The minimum Gasteiger partial charge on any atom is -0.389 e. The number of aryl methyl sites for hydroxylation is 1. The quantitative estimate of drug-likeness (QED) is 0.816. The van der Waals surface area contributed by atoms with E-state index in [4.69, 9.17) is 5.26 Å². The molecule has 2 N–H and O–H groups in total. The molecule has 0 heterocycles. The zero-order valence-electron chi connectivity index (χ0n) is 9.26. The Balaban J connectivity index is 2.24. The van der Waals surface area contributed by atoms with Gasteiger partial charge in [0.25, 0.3) is 0 Å². The predicted molar refractivity (Wildman–Crippen MR) is 60.3 cm³/mol. The average Bonchev–Trinajstić information content (AvgIpc) is 2.70. The molecule has 0 aromatic heterocycles. The van der Waals surface area contributed by atoms with Crippen LogP contribution in [0.3, 0.4) is 0 Å². The molecule has 1 aliphatic rings. The molecule has 4 heteroatoms. The van der Waals surface area contributed by atoms with Crippen molar-refractivity contribution in [3.05, 3.63) is 34.9 Å². The fraction of sp³-hybridized carbons (Fsp3) is 0.385. The van der Waals surface area contributed by atoms with Gasteiger partial charge in [0.05, 0.1) is 18.6 Å². The Morgan fingerprint density at radius 3 is 2.82 bits per heavy atom. The number of benzene rings is 1. The molecule has 2 unspecified atom stereocenters. The number of ketones is 1. The van der Waals surface area contributed by atoms with Gasteiger partial charge in [0, 0.05) is 12.0 Å². The molecule has 1 aromatic rings. The van der Waals surface area contributed by atoms with E-state index in [0.717, 1.165) is 5.56 Å². The molecule has 0 radical (unpaired) electrons. The standard InChI is InChI=1S/C13H13NO3/c14-6-5-12(16)13(17)9-1-3-10-8(7-9)2-4-11(10)15/h1,3,7,12-13,16-17H,2,4-5H2. The zero-order valence-corrected chi connectivity index (χ0v) is 9.26. The molecule has 0 saturated carbocycles. The summed E-state index contributed by atoms with van der Waals surface area (Å²) in [5.41, 5.74) is 2.17. The van der Waals surface area contributed by atoms with Gasteiger partial charge in [0.2, 0.25) is 0 Å². The second-order valence-corrected chi connectivity index (χ2v) is 4.21. The number of carbonyl (C=O) groups excluding carboxylic acids is 1. The molecule has 4 nitrogen and oxygen atoms in total. The van der Waals surface area contributed by atoms with Crippen LogP contribution in [0.1, 0.15) is 40.4 Å². The van der Waals surface area contributed by atoms with Crippen LogP contribution in [0, 0.1) is 11.3 Å². The first kappa shape index (κ1) is 11.8. The largest absolute Gasteiger partial charge is 0.389 e. The summed E-state index contributed by atoms with van der Waals surface area (Å²) >= 11 is 0. The van der Waals surface area contributed by atoms with Crippen molar-refractivity contribution in [2.24, 2.45) is 0 Å². The first-order valence-corrected chi connectivity index (χ1v) is 5.52. The summed E-state index contributed by atoms with van der Waals surface area (Å²) in [7, 11) is 0. The normalized spacial score (nSPS) is 17.4. The molecule has 0 spiro atoms. The average molecular weight is 231 g/mol. The van der Waals surface area contributed by atoms with Gasteiger partial charge in [-0.1, -0.05) is 18.2 Å². The van der Waals surface area contributed by atoms with Crippen LogP contribution in [0.4, 0.5) is 0 Å². The lowest BCUT2D eigenvalue weighted by atomic mass is 9.98. The Hall–Kier alpha value is -1.70. The highest BCUT2D eigenvalue weighted by atomic mass is 16.3. The van der Waals surface area contributed by atoms with Crippen LogP contribution in [-0.2, 0) is 6.42 Å². The van der Waals surface area contributed by atoms with E-state index < -0.39 is 12.2 Å². The first-order chi connectivity index (χ1) is 8.13. The highest BCUT2D eigenvalue weighted by molar-refractivity contribution is 6.00. The SMILES string of the molecule is N#CCC(O)C(O)c1ccc2c(c1)CCC2=O. The van der Waals surface area contributed by atoms with Crippen LogP contribution in [0.15, 0.2) is 18.2 Å². The van der Waals surface area contributed by atoms with Crippen LogP contribution >= 0.6 is 0 Å². The maximum absolute atomic E-state index is 11.4. The van der Waals surface area contributed by atoms with E-state index in [-0.39, 0.29) is 12.2 Å². The fourth-order valence-electron chi connectivity index (χ4n) is 2.09. The van der Waals surface area contributed by atoms with Gasteiger partial charge in [-0.3, -0.25) is 4.79 Å². The molecule has 88 valence electrons. The molecule has 0 aliphatic heterocycles. The Labute approximate surface area is 99.1 Å². The topological polar surface area (TPSA) is 81.3 Å². The van der Waals surface area contributed by atoms with E-state index >= 15 is 0 Å². The van der Waals surface area contributed by atoms with E-state index in [0.29, 0.717) is 24.0 Å².